The third kappa shape index (κ3) is 1.60. The van der Waals surface area contributed by atoms with Crippen molar-refractivity contribution in [2.24, 2.45) is 10.2 Å². The van der Waals surface area contributed by atoms with Crippen molar-refractivity contribution in [2.75, 3.05) is 0 Å². The SMILES string of the molecule is CC1=NNC(=O)C2CC(c3ccccc3)=NN12. The number of carbonyl (C=O) groups is 1. The number of carbonyl (C=O) groups excluding carboxylic acids is 1. The molecule has 5 nitrogen and oxygen atoms in total. The number of hydrogen-bond acceptors (Lipinski definition) is 4. The average Bonchev–Trinajstić information content (AvgIpc) is 2.81. The number of rotatable bonds is 1. The molecule has 1 N–H and O–H groups in total. The number of benzene rings is 1. The summed E-state index contributed by atoms with van der Waals surface area (Å²) in [6.45, 7) is 1.84. The van der Waals surface area contributed by atoms with Crippen molar-refractivity contribution >= 4 is 17.5 Å². The number of nitrogens with one attached hydrogen (secondary N) is 1. The van der Waals surface area contributed by atoms with Gasteiger partial charge in [0.25, 0.3) is 5.91 Å². The summed E-state index contributed by atoms with van der Waals surface area (Å²) in [6, 6.07) is 9.66. The molecule has 3 rings (SSSR count). The van der Waals surface area contributed by atoms with E-state index in [4.69, 9.17) is 0 Å². The second-order valence-corrected chi connectivity index (χ2v) is 4.11. The molecular weight excluding hydrogens is 216 g/mol. The van der Waals surface area contributed by atoms with Gasteiger partial charge in [0, 0.05) is 6.42 Å². The van der Waals surface area contributed by atoms with Crippen LogP contribution in [0.25, 0.3) is 0 Å². The van der Waals surface area contributed by atoms with Gasteiger partial charge in [0.2, 0.25) is 0 Å². The molecule has 1 aromatic carbocycles. The van der Waals surface area contributed by atoms with Crippen LogP contribution in [0.5, 0.6) is 0 Å². The maximum absolute atomic E-state index is 11.7. The first kappa shape index (κ1) is 10.0. The van der Waals surface area contributed by atoms with Gasteiger partial charge in [0.1, 0.15) is 11.9 Å². The molecule has 17 heavy (non-hydrogen) atoms. The first-order valence-corrected chi connectivity index (χ1v) is 5.52. The monoisotopic (exact) mass is 228 g/mol. The molecule has 1 atom stereocenters. The molecule has 0 saturated heterocycles. The number of amides is 1. The minimum atomic E-state index is -0.247. The van der Waals surface area contributed by atoms with Crippen LogP contribution in [0.3, 0.4) is 0 Å². The van der Waals surface area contributed by atoms with Crippen LogP contribution in [0.15, 0.2) is 40.5 Å². The Hall–Kier alpha value is -2.17. The Bertz CT molecular complexity index is 521. The lowest BCUT2D eigenvalue weighted by Crippen LogP contribution is -2.47. The lowest BCUT2D eigenvalue weighted by Gasteiger charge is -2.25. The summed E-state index contributed by atoms with van der Waals surface area (Å²) in [4.78, 5) is 11.7. The van der Waals surface area contributed by atoms with Gasteiger partial charge in [-0.2, -0.15) is 10.2 Å². The zero-order valence-corrected chi connectivity index (χ0v) is 9.42. The standard InChI is InChI=1S/C12H12N4O/c1-8-13-14-12(17)11-7-10(15-16(8)11)9-5-3-2-4-6-9/h2-6,11H,7H2,1H3,(H,14,17). The van der Waals surface area contributed by atoms with Gasteiger partial charge in [-0.05, 0) is 12.5 Å². The van der Waals surface area contributed by atoms with Gasteiger partial charge in [0.05, 0.1) is 5.71 Å². The fourth-order valence-corrected chi connectivity index (χ4v) is 2.08. The van der Waals surface area contributed by atoms with E-state index in [-0.39, 0.29) is 11.9 Å². The van der Waals surface area contributed by atoms with Gasteiger partial charge >= 0.3 is 0 Å². The summed E-state index contributed by atoms with van der Waals surface area (Å²) in [5.74, 6) is 0.630. The molecule has 1 unspecified atom stereocenters. The summed E-state index contributed by atoms with van der Waals surface area (Å²) in [6.07, 6.45) is 0.628. The van der Waals surface area contributed by atoms with Crippen LogP contribution in [-0.2, 0) is 4.79 Å². The van der Waals surface area contributed by atoms with Crippen molar-refractivity contribution in [1.82, 2.24) is 10.4 Å². The van der Waals surface area contributed by atoms with Crippen molar-refractivity contribution in [3.8, 4) is 0 Å². The van der Waals surface area contributed by atoms with Crippen LogP contribution in [-0.4, -0.2) is 28.5 Å². The fraction of sp³-hybridized carbons (Fsp3) is 0.250. The molecule has 2 aliphatic heterocycles. The smallest absolute Gasteiger partial charge is 0.265 e. The lowest BCUT2D eigenvalue weighted by molar-refractivity contribution is -0.125. The highest BCUT2D eigenvalue weighted by molar-refractivity contribution is 6.07. The van der Waals surface area contributed by atoms with Crippen molar-refractivity contribution in [3.05, 3.63) is 35.9 Å². The van der Waals surface area contributed by atoms with Gasteiger partial charge in [-0.1, -0.05) is 30.3 Å². The van der Waals surface area contributed by atoms with Gasteiger partial charge in [-0.25, -0.2) is 10.4 Å². The highest BCUT2D eigenvalue weighted by Gasteiger charge is 2.37. The van der Waals surface area contributed by atoms with E-state index in [1.807, 2.05) is 37.3 Å². The molecule has 0 radical (unpaired) electrons. The summed E-state index contributed by atoms with van der Waals surface area (Å²) >= 11 is 0. The molecule has 0 bridgehead atoms. The summed E-state index contributed by atoms with van der Waals surface area (Å²) in [5, 5.41) is 10.1. The lowest BCUT2D eigenvalue weighted by atomic mass is 10.0. The van der Waals surface area contributed by atoms with E-state index in [9.17, 15) is 4.79 Å². The van der Waals surface area contributed by atoms with E-state index in [0.717, 1.165) is 17.1 Å². The van der Waals surface area contributed by atoms with Crippen molar-refractivity contribution in [3.63, 3.8) is 0 Å². The minimum absolute atomic E-state index is 0.0923. The fourth-order valence-electron chi connectivity index (χ4n) is 2.08. The molecule has 0 fully saturated rings. The normalized spacial score (nSPS) is 22.8. The molecule has 0 aliphatic carbocycles. The molecule has 0 saturated carbocycles. The van der Waals surface area contributed by atoms with Gasteiger partial charge in [-0.15, -0.1) is 0 Å². The number of hydrazone groups is 2. The topological polar surface area (TPSA) is 57.1 Å². The Morgan fingerprint density at radius 1 is 1.35 bits per heavy atom. The number of nitrogens with zero attached hydrogens (tertiary/aromatic N) is 3. The van der Waals surface area contributed by atoms with E-state index >= 15 is 0 Å². The van der Waals surface area contributed by atoms with E-state index in [2.05, 4.69) is 15.6 Å². The van der Waals surface area contributed by atoms with Crippen LogP contribution >= 0.6 is 0 Å². The van der Waals surface area contributed by atoms with Crippen LogP contribution < -0.4 is 5.43 Å². The van der Waals surface area contributed by atoms with Crippen molar-refractivity contribution < 1.29 is 4.79 Å². The zero-order valence-electron chi connectivity index (χ0n) is 9.42. The summed E-state index contributed by atoms with van der Waals surface area (Å²) in [7, 11) is 0. The molecule has 1 amide bonds. The zero-order chi connectivity index (χ0) is 11.8. The predicted octanol–water partition coefficient (Wildman–Crippen LogP) is 0.928. The third-order valence-corrected chi connectivity index (χ3v) is 2.98. The van der Waals surface area contributed by atoms with Crippen molar-refractivity contribution in [2.45, 2.75) is 19.4 Å². The van der Waals surface area contributed by atoms with Gasteiger partial charge < -0.3 is 0 Å². The van der Waals surface area contributed by atoms with Crippen LogP contribution in [0.2, 0.25) is 0 Å². The minimum Gasteiger partial charge on any atom is -0.271 e. The summed E-state index contributed by atoms with van der Waals surface area (Å²) < 4.78 is 0. The molecular formula is C12H12N4O. The number of hydrogen-bond donors (Lipinski definition) is 1. The predicted molar refractivity (Wildman–Crippen MR) is 64.5 cm³/mol. The Kier molecular flexibility index (Phi) is 2.18. The Balaban J connectivity index is 1.95. The maximum atomic E-state index is 11.7. The number of amidine groups is 1. The van der Waals surface area contributed by atoms with Crippen LogP contribution in [0.1, 0.15) is 18.9 Å². The average molecular weight is 228 g/mol. The first-order chi connectivity index (χ1) is 8.25. The van der Waals surface area contributed by atoms with E-state index in [1.165, 1.54) is 0 Å². The van der Waals surface area contributed by atoms with Crippen molar-refractivity contribution in [1.29, 1.82) is 0 Å². The van der Waals surface area contributed by atoms with E-state index in [0.29, 0.717) is 6.42 Å². The Labute approximate surface area is 98.8 Å². The molecule has 0 aromatic heterocycles. The first-order valence-electron chi connectivity index (χ1n) is 5.52. The van der Waals surface area contributed by atoms with E-state index < -0.39 is 0 Å². The highest BCUT2D eigenvalue weighted by atomic mass is 16.2. The molecule has 0 spiro atoms. The van der Waals surface area contributed by atoms with Crippen LogP contribution in [0.4, 0.5) is 0 Å². The van der Waals surface area contributed by atoms with Gasteiger partial charge in [-0.3, -0.25) is 4.79 Å². The second-order valence-electron chi connectivity index (χ2n) is 4.11. The highest BCUT2D eigenvalue weighted by Crippen LogP contribution is 2.22. The third-order valence-electron chi connectivity index (χ3n) is 2.98. The molecule has 1 aromatic rings. The second kappa shape index (κ2) is 3.69. The molecule has 2 heterocycles. The van der Waals surface area contributed by atoms with Gasteiger partial charge in [0.15, 0.2) is 0 Å². The van der Waals surface area contributed by atoms with Crippen LogP contribution in [0, 0.1) is 0 Å². The largest absolute Gasteiger partial charge is 0.271 e. The summed E-state index contributed by atoms with van der Waals surface area (Å²) in [5.41, 5.74) is 4.50. The Morgan fingerprint density at radius 3 is 2.82 bits per heavy atom. The molecule has 5 heteroatoms. The Morgan fingerprint density at radius 2 is 2.12 bits per heavy atom. The quantitative estimate of drug-likeness (QED) is 0.777. The molecule has 86 valence electrons. The van der Waals surface area contributed by atoms with E-state index in [1.54, 1.807) is 5.01 Å². The molecule has 2 aliphatic rings. The maximum Gasteiger partial charge on any atom is 0.265 e. The number of fused-ring (bicyclic) bond motifs is 1.